The van der Waals surface area contributed by atoms with Crippen LogP contribution in [-0.4, -0.2) is 41.0 Å². The van der Waals surface area contributed by atoms with E-state index in [-0.39, 0.29) is 18.0 Å². The average Bonchev–Trinajstić information content (AvgIpc) is 2.39. The van der Waals surface area contributed by atoms with Crippen LogP contribution >= 0.6 is 0 Å². The highest BCUT2D eigenvalue weighted by Gasteiger charge is 2.11. The Kier molecular flexibility index (Phi) is 7.49. The van der Waals surface area contributed by atoms with E-state index in [2.05, 4.69) is 14.8 Å². The molecule has 1 aromatic rings. The molecule has 0 aliphatic rings. The van der Waals surface area contributed by atoms with E-state index in [1.807, 2.05) is 0 Å². The zero-order chi connectivity index (χ0) is 16.6. The highest BCUT2D eigenvalue weighted by Crippen LogP contribution is 2.29. The smallest absolute Gasteiger partial charge is 0.387 e. The largest absolute Gasteiger partial charge is 0.490 e. The third kappa shape index (κ3) is 7.53. The molecule has 0 heterocycles. The molecular weight excluding hydrogens is 318 g/mol. The maximum atomic E-state index is 12.3. The SMILES string of the molecule is CCOc1cc(CNCCNS(C)(=O)=O)ccc1OC(F)F. The number of rotatable bonds is 10. The molecule has 0 aliphatic carbocycles. The van der Waals surface area contributed by atoms with Gasteiger partial charge in [0, 0.05) is 19.6 Å². The van der Waals surface area contributed by atoms with Crippen LogP contribution in [0, 0.1) is 0 Å². The average molecular weight is 338 g/mol. The van der Waals surface area contributed by atoms with Crippen molar-refractivity contribution < 1.29 is 26.7 Å². The van der Waals surface area contributed by atoms with Gasteiger partial charge >= 0.3 is 6.61 Å². The van der Waals surface area contributed by atoms with Gasteiger partial charge in [0.15, 0.2) is 11.5 Å². The first-order valence-electron chi connectivity index (χ1n) is 6.67. The number of hydrogen-bond acceptors (Lipinski definition) is 5. The molecule has 0 spiro atoms. The van der Waals surface area contributed by atoms with Gasteiger partial charge in [-0.2, -0.15) is 8.78 Å². The summed E-state index contributed by atoms with van der Waals surface area (Å²) >= 11 is 0. The lowest BCUT2D eigenvalue weighted by Gasteiger charge is -2.13. The van der Waals surface area contributed by atoms with Gasteiger partial charge < -0.3 is 14.8 Å². The van der Waals surface area contributed by atoms with Crippen LogP contribution < -0.4 is 19.5 Å². The number of ether oxygens (including phenoxy) is 2. The molecule has 22 heavy (non-hydrogen) atoms. The van der Waals surface area contributed by atoms with Crippen molar-refractivity contribution >= 4 is 10.0 Å². The normalized spacial score (nSPS) is 11.7. The fourth-order valence-corrected chi connectivity index (χ4v) is 2.15. The first-order valence-corrected chi connectivity index (χ1v) is 8.57. The summed E-state index contributed by atoms with van der Waals surface area (Å²) in [7, 11) is -3.20. The maximum absolute atomic E-state index is 12.3. The predicted molar refractivity (Wildman–Crippen MR) is 78.8 cm³/mol. The molecule has 0 aromatic heterocycles. The van der Waals surface area contributed by atoms with Crippen molar-refractivity contribution in [1.82, 2.24) is 10.0 Å². The predicted octanol–water partition coefficient (Wildman–Crippen LogP) is 1.33. The third-order valence-electron chi connectivity index (χ3n) is 2.52. The van der Waals surface area contributed by atoms with Crippen molar-refractivity contribution in [3.05, 3.63) is 23.8 Å². The van der Waals surface area contributed by atoms with E-state index in [1.165, 1.54) is 6.07 Å². The van der Waals surface area contributed by atoms with Crippen LogP contribution in [-0.2, 0) is 16.6 Å². The minimum atomic E-state index is -3.20. The molecule has 126 valence electrons. The molecule has 6 nitrogen and oxygen atoms in total. The Morgan fingerprint density at radius 1 is 1.23 bits per heavy atom. The molecule has 0 saturated heterocycles. The summed E-state index contributed by atoms with van der Waals surface area (Å²) < 4.78 is 58.3. The quantitative estimate of drug-likeness (QED) is 0.630. The van der Waals surface area contributed by atoms with Gasteiger partial charge in [0.1, 0.15) is 0 Å². The van der Waals surface area contributed by atoms with Gasteiger partial charge in [-0.15, -0.1) is 0 Å². The molecular formula is C13H20F2N2O4S. The second-order valence-corrected chi connectivity index (χ2v) is 6.27. The Bertz CT molecular complexity index is 567. The standard InChI is InChI=1S/C13H20F2N2O4S/c1-3-20-12-8-10(4-5-11(12)21-13(14)15)9-16-6-7-17-22(2,18)19/h4-5,8,13,16-17H,3,6-7,9H2,1-2H3. The van der Waals surface area contributed by atoms with E-state index < -0.39 is 16.6 Å². The molecule has 0 bridgehead atoms. The molecule has 0 fully saturated rings. The van der Waals surface area contributed by atoms with E-state index >= 15 is 0 Å². The van der Waals surface area contributed by atoms with Gasteiger partial charge in [0.05, 0.1) is 12.9 Å². The van der Waals surface area contributed by atoms with E-state index in [0.29, 0.717) is 19.7 Å². The van der Waals surface area contributed by atoms with Gasteiger partial charge in [-0.05, 0) is 24.6 Å². The Labute approximate surface area is 128 Å². The lowest BCUT2D eigenvalue weighted by Crippen LogP contribution is -2.30. The summed E-state index contributed by atoms with van der Waals surface area (Å²) in [5.74, 6) is 0.232. The van der Waals surface area contributed by atoms with Crippen LogP contribution in [0.2, 0.25) is 0 Å². The summed E-state index contributed by atoms with van der Waals surface area (Å²) in [6.45, 7) is 0.310. The van der Waals surface area contributed by atoms with Crippen molar-refractivity contribution in [2.45, 2.75) is 20.1 Å². The van der Waals surface area contributed by atoms with E-state index in [4.69, 9.17) is 4.74 Å². The van der Waals surface area contributed by atoms with Gasteiger partial charge in [0.25, 0.3) is 0 Å². The number of nitrogens with one attached hydrogen (secondary N) is 2. The number of sulfonamides is 1. The lowest BCUT2D eigenvalue weighted by molar-refractivity contribution is -0.0514. The molecule has 0 unspecified atom stereocenters. The van der Waals surface area contributed by atoms with Crippen molar-refractivity contribution in [3.8, 4) is 11.5 Å². The van der Waals surface area contributed by atoms with Crippen LogP contribution in [0.15, 0.2) is 18.2 Å². The molecule has 1 aromatic carbocycles. The topological polar surface area (TPSA) is 76.7 Å². The van der Waals surface area contributed by atoms with E-state index in [0.717, 1.165) is 11.8 Å². The minimum Gasteiger partial charge on any atom is -0.490 e. The summed E-state index contributed by atoms with van der Waals surface area (Å²) in [5.41, 5.74) is 0.810. The summed E-state index contributed by atoms with van der Waals surface area (Å²) in [6, 6.07) is 4.67. The first-order chi connectivity index (χ1) is 10.3. The van der Waals surface area contributed by atoms with Crippen molar-refractivity contribution in [1.29, 1.82) is 0 Å². The molecule has 0 saturated carbocycles. The van der Waals surface area contributed by atoms with Gasteiger partial charge in [-0.1, -0.05) is 6.07 Å². The fourth-order valence-electron chi connectivity index (χ4n) is 1.68. The van der Waals surface area contributed by atoms with Crippen LogP contribution in [0.25, 0.3) is 0 Å². The third-order valence-corrected chi connectivity index (χ3v) is 3.25. The summed E-state index contributed by atoms with van der Waals surface area (Å²) in [4.78, 5) is 0. The van der Waals surface area contributed by atoms with Crippen molar-refractivity contribution in [2.75, 3.05) is 26.0 Å². The van der Waals surface area contributed by atoms with Gasteiger partial charge in [-0.25, -0.2) is 13.1 Å². The molecule has 2 N–H and O–H groups in total. The number of hydrogen-bond donors (Lipinski definition) is 2. The maximum Gasteiger partial charge on any atom is 0.387 e. The molecule has 0 radical (unpaired) electrons. The molecule has 0 aliphatic heterocycles. The number of benzene rings is 1. The Hall–Kier alpha value is -1.45. The monoisotopic (exact) mass is 338 g/mol. The second kappa shape index (κ2) is 8.86. The number of alkyl halides is 2. The molecule has 1 rings (SSSR count). The Morgan fingerprint density at radius 2 is 1.95 bits per heavy atom. The van der Waals surface area contributed by atoms with Crippen LogP contribution in [0.1, 0.15) is 12.5 Å². The van der Waals surface area contributed by atoms with Crippen LogP contribution in [0.5, 0.6) is 11.5 Å². The highest BCUT2D eigenvalue weighted by atomic mass is 32.2. The Morgan fingerprint density at radius 3 is 2.55 bits per heavy atom. The second-order valence-electron chi connectivity index (χ2n) is 4.44. The van der Waals surface area contributed by atoms with Gasteiger partial charge in [0.2, 0.25) is 10.0 Å². The molecule has 9 heteroatoms. The van der Waals surface area contributed by atoms with Crippen LogP contribution in [0.3, 0.4) is 0 Å². The summed E-state index contributed by atoms with van der Waals surface area (Å²) in [5, 5.41) is 3.03. The molecule has 0 atom stereocenters. The lowest BCUT2D eigenvalue weighted by atomic mass is 10.2. The zero-order valence-electron chi connectivity index (χ0n) is 12.4. The first kappa shape index (κ1) is 18.6. The van der Waals surface area contributed by atoms with Crippen molar-refractivity contribution in [3.63, 3.8) is 0 Å². The number of halogens is 2. The fraction of sp³-hybridized carbons (Fsp3) is 0.538. The van der Waals surface area contributed by atoms with E-state index in [1.54, 1.807) is 19.1 Å². The highest BCUT2D eigenvalue weighted by molar-refractivity contribution is 7.88. The van der Waals surface area contributed by atoms with Crippen molar-refractivity contribution in [2.24, 2.45) is 0 Å². The Balaban J connectivity index is 2.55. The zero-order valence-corrected chi connectivity index (χ0v) is 13.3. The summed E-state index contributed by atoms with van der Waals surface area (Å²) in [6.07, 6.45) is 1.09. The van der Waals surface area contributed by atoms with Crippen LogP contribution in [0.4, 0.5) is 8.78 Å². The van der Waals surface area contributed by atoms with Gasteiger partial charge in [-0.3, -0.25) is 0 Å². The minimum absolute atomic E-state index is 0.0145. The van der Waals surface area contributed by atoms with E-state index in [9.17, 15) is 17.2 Å². The molecule has 0 amide bonds.